The average molecular weight is 416 g/mol. The Bertz CT molecular complexity index is 935. The zero-order chi connectivity index (χ0) is 19.7. The van der Waals surface area contributed by atoms with Crippen LogP contribution >= 0.6 is 12.4 Å². The van der Waals surface area contributed by atoms with Gasteiger partial charge in [0.1, 0.15) is 0 Å². The molecule has 1 saturated heterocycles. The summed E-state index contributed by atoms with van der Waals surface area (Å²) in [6.45, 7) is 1.71. The number of nitrogens with zero attached hydrogens (tertiary/aromatic N) is 1. The summed E-state index contributed by atoms with van der Waals surface area (Å²) in [6.07, 6.45) is -0.480. The van der Waals surface area contributed by atoms with E-state index >= 15 is 0 Å². The fourth-order valence-corrected chi connectivity index (χ4v) is 3.59. The number of rotatable bonds is 5. The molecule has 0 radical (unpaired) electrons. The monoisotopic (exact) mass is 415 g/mol. The normalized spacial score (nSPS) is 20.4. The van der Waals surface area contributed by atoms with Gasteiger partial charge in [-0.15, -0.1) is 12.4 Å². The third kappa shape index (κ3) is 4.17. The van der Waals surface area contributed by atoms with E-state index in [9.17, 15) is 19.5 Å². The lowest BCUT2D eigenvalue weighted by Gasteiger charge is -2.14. The van der Waals surface area contributed by atoms with Gasteiger partial charge in [-0.25, -0.2) is 0 Å². The van der Waals surface area contributed by atoms with Crippen LogP contribution in [0.3, 0.4) is 0 Å². The predicted octanol–water partition coefficient (Wildman–Crippen LogP) is 1.21. The molecular weight excluding hydrogens is 394 g/mol. The Kier molecular flexibility index (Phi) is 6.32. The zero-order valence-electron chi connectivity index (χ0n) is 15.6. The van der Waals surface area contributed by atoms with Gasteiger partial charge in [0.25, 0.3) is 17.7 Å². The molecule has 0 spiro atoms. The number of carbonyl (C=O) groups excluding carboxylic acids is 3. The van der Waals surface area contributed by atoms with Crippen molar-refractivity contribution in [1.82, 2.24) is 15.5 Å². The standard InChI is InChI=1S/C21H21N3O4.ClH/c25-18-11-22-9-15(18)10-23-19(26)14-6-7-16-17(8-14)21(28)24(20(16)27)12-13-4-2-1-3-5-13;/h1-8,15,18,22,25H,9-12H2,(H,23,26);1H. The first-order chi connectivity index (χ1) is 13.5. The van der Waals surface area contributed by atoms with Crippen LogP contribution in [0.4, 0.5) is 0 Å². The van der Waals surface area contributed by atoms with Gasteiger partial charge < -0.3 is 15.7 Å². The first-order valence-corrected chi connectivity index (χ1v) is 9.26. The summed E-state index contributed by atoms with van der Waals surface area (Å²) in [5.41, 5.74) is 1.74. The molecule has 2 aliphatic rings. The molecule has 2 unspecified atom stereocenters. The van der Waals surface area contributed by atoms with E-state index in [2.05, 4.69) is 10.6 Å². The largest absolute Gasteiger partial charge is 0.391 e. The fraction of sp³-hybridized carbons (Fsp3) is 0.286. The molecule has 152 valence electrons. The van der Waals surface area contributed by atoms with E-state index in [1.165, 1.54) is 17.0 Å². The molecular formula is C21H22ClN3O4. The molecule has 8 heteroatoms. The minimum Gasteiger partial charge on any atom is -0.391 e. The Hall–Kier alpha value is -2.74. The highest BCUT2D eigenvalue weighted by molar-refractivity contribution is 6.22. The predicted molar refractivity (Wildman–Crippen MR) is 109 cm³/mol. The van der Waals surface area contributed by atoms with Gasteiger partial charge in [0.05, 0.1) is 23.8 Å². The molecule has 2 aromatic rings. The Morgan fingerprint density at radius 1 is 1.07 bits per heavy atom. The number of carbonyl (C=O) groups is 3. The summed E-state index contributed by atoms with van der Waals surface area (Å²) in [5.74, 6) is -1.11. The number of halogens is 1. The van der Waals surface area contributed by atoms with Crippen LogP contribution in [-0.4, -0.2) is 53.5 Å². The van der Waals surface area contributed by atoms with Crippen LogP contribution < -0.4 is 10.6 Å². The van der Waals surface area contributed by atoms with Crippen molar-refractivity contribution in [3.63, 3.8) is 0 Å². The van der Waals surface area contributed by atoms with Crippen molar-refractivity contribution in [3.05, 3.63) is 70.8 Å². The van der Waals surface area contributed by atoms with Crippen molar-refractivity contribution in [2.75, 3.05) is 19.6 Å². The maximum absolute atomic E-state index is 12.7. The van der Waals surface area contributed by atoms with Gasteiger partial charge in [0, 0.05) is 31.1 Å². The van der Waals surface area contributed by atoms with Gasteiger partial charge in [-0.2, -0.15) is 0 Å². The minimum atomic E-state index is -0.480. The zero-order valence-corrected chi connectivity index (χ0v) is 16.4. The van der Waals surface area contributed by atoms with E-state index in [1.54, 1.807) is 6.07 Å². The van der Waals surface area contributed by atoms with Crippen LogP contribution in [-0.2, 0) is 6.54 Å². The van der Waals surface area contributed by atoms with Crippen molar-refractivity contribution in [1.29, 1.82) is 0 Å². The molecule has 2 heterocycles. The highest BCUT2D eigenvalue weighted by Gasteiger charge is 2.36. The number of aliphatic hydroxyl groups is 1. The summed E-state index contributed by atoms with van der Waals surface area (Å²) < 4.78 is 0. The molecule has 0 aliphatic carbocycles. The van der Waals surface area contributed by atoms with Crippen molar-refractivity contribution < 1.29 is 19.5 Å². The molecule has 0 saturated carbocycles. The minimum absolute atomic E-state index is 0. The van der Waals surface area contributed by atoms with Crippen LogP contribution in [0.2, 0.25) is 0 Å². The number of imide groups is 1. The number of aliphatic hydroxyl groups excluding tert-OH is 1. The SMILES string of the molecule is Cl.O=C(NCC1CNCC1O)c1ccc2c(c1)C(=O)N(Cc1ccccc1)C2=O. The number of fused-ring (bicyclic) bond motifs is 1. The van der Waals surface area contributed by atoms with E-state index in [1.807, 2.05) is 30.3 Å². The number of β-amino-alcohol motifs (C(OH)–C–C–N with tert-alkyl or cyclic N) is 1. The lowest BCUT2D eigenvalue weighted by Crippen LogP contribution is -2.34. The van der Waals surface area contributed by atoms with Crippen LogP contribution in [0, 0.1) is 5.92 Å². The van der Waals surface area contributed by atoms with Crippen molar-refractivity contribution in [2.24, 2.45) is 5.92 Å². The third-order valence-corrected chi connectivity index (χ3v) is 5.25. The van der Waals surface area contributed by atoms with E-state index in [0.29, 0.717) is 30.8 Å². The second kappa shape index (κ2) is 8.73. The molecule has 3 N–H and O–H groups in total. The van der Waals surface area contributed by atoms with E-state index in [0.717, 1.165) is 5.56 Å². The smallest absolute Gasteiger partial charge is 0.261 e. The number of benzene rings is 2. The molecule has 2 aliphatic heterocycles. The topological polar surface area (TPSA) is 98.7 Å². The number of nitrogens with one attached hydrogen (secondary N) is 2. The molecule has 3 amide bonds. The molecule has 1 fully saturated rings. The average Bonchev–Trinajstić information content (AvgIpc) is 3.23. The van der Waals surface area contributed by atoms with Crippen molar-refractivity contribution in [2.45, 2.75) is 12.6 Å². The third-order valence-electron chi connectivity index (χ3n) is 5.25. The molecule has 0 aromatic heterocycles. The summed E-state index contributed by atoms with van der Waals surface area (Å²) in [4.78, 5) is 39.0. The van der Waals surface area contributed by atoms with Crippen LogP contribution in [0.25, 0.3) is 0 Å². The lowest BCUT2D eigenvalue weighted by atomic mass is 10.0. The number of amides is 3. The molecule has 0 bridgehead atoms. The second-order valence-corrected chi connectivity index (χ2v) is 7.14. The summed E-state index contributed by atoms with van der Waals surface area (Å²) in [6, 6.07) is 13.8. The molecule has 2 atom stereocenters. The van der Waals surface area contributed by atoms with Gasteiger partial charge in [-0.3, -0.25) is 19.3 Å². The Balaban J connectivity index is 0.00000240. The molecule has 4 rings (SSSR count). The van der Waals surface area contributed by atoms with E-state index in [-0.39, 0.29) is 42.2 Å². The Morgan fingerprint density at radius 3 is 2.48 bits per heavy atom. The van der Waals surface area contributed by atoms with Gasteiger partial charge in [0.2, 0.25) is 0 Å². The number of hydrogen-bond donors (Lipinski definition) is 3. The quantitative estimate of drug-likeness (QED) is 0.638. The van der Waals surface area contributed by atoms with E-state index in [4.69, 9.17) is 0 Å². The Labute approximate surface area is 174 Å². The van der Waals surface area contributed by atoms with E-state index < -0.39 is 12.0 Å². The fourth-order valence-electron chi connectivity index (χ4n) is 3.59. The maximum atomic E-state index is 12.7. The molecule has 2 aromatic carbocycles. The van der Waals surface area contributed by atoms with Gasteiger partial charge in [0.15, 0.2) is 0 Å². The van der Waals surface area contributed by atoms with Gasteiger partial charge in [-0.1, -0.05) is 30.3 Å². The van der Waals surface area contributed by atoms with Crippen molar-refractivity contribution in [3.8, 4) is 0 Å². The highest BCUT2D eigenvalue weighted by Crippen LogP contribution is 2.25. The second-order valence-electron chi connectivity index (χ2n) is 7.14. The van der Waals surface area contributed by atoms with Crippen LogP contribution in [0.15, 0.2) is 48.5 Å². The first kappa shape index (κ1) is 21.0. The number of hydrogen-bond acceptors (Lipinski definition) is 5. The highest BCUT2D eigenvalue weighted by atomic mass is 35.5. The summed E-state index contributed by atoms with van der Waals surface area (Å²) in [7, 11) is 0. The van der Waals surface area contributed by atoms with Gasteiger partial charge in [-0.05, 0) is 23.8 Å². The van der Waals surface area contributed by atoms with Crippen molar-refractivity contribution >= 4 is 30.1 Å². The lowest BCUT2D eigenvalue weighted by molar-refractivity contribution is 0.0642. The molecule has 7 nitrogen and oxygen atoms in total. The maximum Gasteiger partial charge on any atom is 0.261 e. The molecule has 29 heavy (non-hydrogen) atoms. The Morgan fingerprint density at radius 2 is 1.79 bits per heavy atom. The van der Waals surface area contributed by atoms with Gasteiger partial charge >= 0.3 is 0 Å². The summed E-state index contributed by atoms with van der Waals surface area (Å²) in [5, 5.41) is 15.7. The first-order valence-electron chi connectivity index (χ1n) is 9.26. The summed E-state index contributed by atoms with van der Waals surface area (Å²) >= 11 is 0. The van der Waals surface area contributed by atoms with Crippen LogP contribution in [0.5, 0.6) is 0 Å². The van der Waals surface area contributed by atoms with Crippen LogP contribution in [0.1, 0.15) is 36.6 Å².